The number of fused-ring (bicyclic) bond motifs is 1. The third kappa shape index (κ3) is 4.38. The number of para-hydroxylation sites is 2. The van der Waals surface area contributed by atoms with Gasteiger partial charge in [-0.3, -0.25) is 9.69 Å². The van der Waals surface area contributed by atoms with E-state index >= 15 is 0 Å². The molecule has 126 valence electrons. The molecule has 1 aromatic rings. The summed E-state index contributed by atoms with van der Waals surface area (Å²) in [6.45, 7) is 1.40. The number of hydrogen-bond donors (Lipinski definition) is 1. The van der Waals surface area contributed by atoms with Gasteiger partial charge in [-0.2, -0.15) is 0 Å². The summed E-state index contributed by atoms with van der Waals surface area (Å²) in [6, 6.07) is 8.17. The summed E-state index contributed by atoms with van der Waals surface area (Å²) in [5.41, 5.74) is 0. The van der Waals surface area contributed by atoms with Crippen LogP contribution in [0.3, 0.4) is 0 Å². The number of hydrogen-bond acceptors (Lipinski definition) is 4. The molecular weight excluding hydrogens is 292 g/mol. The van der Waals surface area contributed by atoms with E-state index in [1.807, 2.05) is 31.3 Å². The van der Waals surface area contributed by atoms with Gasteiger partial charge in [0.1, 0.15) is 12.7 Å². The summed E-state index contributed by atoms with van der Waals surface area (Å²) >= 11 is 0. The normalized spacial score (nSPS) is 21.2. The third-order valence-electron chi connectivity index (χ3n) is 4.69. The second-order valence-electron chi connectivity index (χ2n) is 6.51. The van der Waals surface area contributed by atoms with Crippen molar-refractivity contribution in [2.75, 3.05) is 26.7 Å². The van der Waals surface area contributed by atoms with E-state index in [2.05, 4.69) is 10.2 Å². The van der Waals surface area contributed by atoms with Gasteiger partial charge in [0.2, 0.25) is 5.91 Å². The molecule has 1 N–H and O–H groups in total. The third-order valence-corrected chi connectivity index (χ3v) is 4.69. The van der Waals surface area contributed by atoms with E-state index in [4.69, 9.17) is 9.47 Å². The Balaban J connectivity index is 1.41. The van der Waals surface area contributed by atoms with Gasteiger partial charge in [0.25, 0.3) is 0 Å². The van der Waals surface area contributed by atoms with Crippen LogP contribution in [0.5, 0.6) is 11.5 Å². The topological polar surface area (TPSA) is 50.8 Å². The molecule has 0 aromatic heterocycles. The van der Waals surface area contributed by atoms with Crippen molar-refractivity contribution >= 4 is 5.91 Å². The van der Waals surface area contributed by atoms with Crippen LogP contribution >= 0.6 is 0 Å². The van der Waals surface area contributed by atoms with Crippen molar-refractivity contribution in [3.8, 4) is 11.5 Å². The predicted molar refractivity (Wildman–Crippen MR) is 88.9 cm³/mol. The number of amides is 1. The van der Waals surface area contributed by atoms with Crippen molar-refractivity contribution in [3.63, 3.8) is 0 Å². The SMILES string of the molecule is CN(CC(=O)NCC1COc2ccccc2O1)C1CCCCC1. The standard InChI is InChI=1S/C18H26N2O3/c1-20(14-7-3-2-4-8-14)12-18(21)19-11-15-13-22-16-9-5-6-10-17(16)23-15/h5-6,9-10,14-15H,2-4,7-8,11-13H2,1H3,(H,19,21). The Morgan fingerprint density at radius 3 is 2.74 bits per heavy atom. The van der Waals surface area contributed by atoms with Crippen LogP contribution in [-0.4, -0.2) is 49.7 Å². The summed E-state index contributed by atoms with van der Waals surface area (Å²) in [7, 11) is 2.05. The van der Waals surface area contributed by atoms with Crippen molar-refractivity contribution in [1.29, 1.82) is 0 Å². The number of nitrogens with zero attached hydrogens (tertiary/aromatic N) is 1. The van der Waals surface area contributed by atoms with Gasteiger partial charge in [-0.25, -0.2) is 0 Å². The summed E-state index contributed by atoms with van der Waals surface area (Å²) in [5, 5.41) is 2.97. The minimum atomic E-state index is -0.131. The highest BCUT2D eigenvalue weighted by Crippen LogP contribution is 2.30. The molecule has 1 aliphatic carbocycles. The minimum absolute atomic E-state index is 0.0560. The largest absolute Gasteiger partial charge is 0.486 e. The molecule has 1 saturated carbocycles. The monoisotopic (exact) mass is 318 g/mol. The summed E-state index contributed by atoms with van der Waals surface area (Å²) in [5.74, 6) is 1.57. The fourth-order valence-electron chi connectivity index (χ4n) is 3.32. The van der Waals surface area contributed by atoms with Gasteiger partial charge in [0.15, 0.2) is 11.5 Å². The Kier molecular flexibility index (Phi) is 5.39. The molecule has 2 aliphatic rings. The molecule has 5 heteroatoms. The molecule has 0 radical (unpaired) electrons. The lowest BCUT2D eigenvalue weighted by atomic mass is 9.94. The molecule has 1 fully saturated rings. The van der Waals surface area contributed by atoms with Crippen molar-refractivity contribution < 1.29 is 14.3 Å². The lowest BCUT2D eigenvalue weighted by molar-refractivity contribution is -0.123. The van der Waals surface area contributed by atoms with Crippen LogP contribution in [0.15, 0.2) is 24.3 Å². The molecule has 1 aliphatic heterocycles. The van der Waals surface area contributed by atoms with Crippen LogP contribution in [0.4, 0.5) is 0 Å². The highest BCUT2D eigenvalue weighted by molar-refractivity contribution is 5.78. The number of benzene rings is 1. The quantitative estimate of drug-likeness (QED) is 0.904. The van der Waals surface area contributed by atoms with E-state index in [0.29, 0.717) is 25.7 Å². The van der Waals surface area contributed by atoms with Crippen molar-refractivity contribution in [2.24, 2.45) is 0 Å². The second kappa shape index (κ2) is 7.68. The lowest BCUT2D eigenvalue weighted by Gasteiger charge is -2.31. The van der Waals surface area contributed by atoms with Gasteiger partial charge in [0.05, 0.1) is 13.1 Å². The number of carbonyl (C=O) groups excluding carboxylic acids is 1. The van der Waals surface area contributed by atoms with Crippen LogP contribution in [0.1, 0.15) is 32.1 Å². The average Bonchev–Trinajstić information content (AvgIpc) is 2.60. The Hall–Kier alpha value is -1.75. The van der Waals surface area contributed by atoms with Gasteiger partial charge in [-0.1, -0.05) is 31.4 Å². The fourth-order valence-corrected chi connectivity index (χ4v) is 3.32. The molecule has 1 heterocycles. The van der Waals surface area contributed by atoms with E-state index in [9.17, 15) is 4.79 Å². The molecule has 0 saturated heterocycles. The molecule has 1 amide bonds. The van der Waals surface area contributed by atoms with E-state index in [1.54, 1.807) is 0 Å². The van der Waals surface area contributed by atoms with Crippen molar-refractivity contribution in [1.82, 2.24) is 10.2 Å². The Bertz CT molecular complexity index is 529. The smallest absolute Gasteiger partial charge is 0.234 e. The fraction of sp³-hybridized carbons (Fsp3) is 0.611. The van der Waals surface area contributed by atoms with Gasteiger partial charge < -0.3 is 14.8 Å². The molecule has 1 atom stereocenters. The molecule has 0 bridgehead atoms. The van der Waals surface area contributed by atoms with E-state index in [1.165, 1.54) is 32.1 Å². The molecule has 0 spiro atoms. The first-order valence-electron chi connectivity index (χ1n) is 8.58. The first-order valence-corrected chi connectivity index (χ1v) is 8.58. The number of carbonyl (C=O) groups is 1. The highest BCUT2D eigenvalue weighted by Gasteiger charge is 2.23. The molecule has 1 unspecified atom stereocenters. The zero-order valence-electron chi connectivity index (χ0n) is 13.8. The predicted octanol–water partition coefficient (Wildman–Crippen LogP) is 2.21. The second-order valence-corrected chi connectivity index (χ2v) is 6.51. The lowest BCUT2D eigenvalue weighted by Crippen LogP contribution is -2.45. The minimum Gasteiger partial charge on any atom is -0.486 e. The number of likely N-dealkylation sites (N-methyl/N-ethyl adjacent to an activating group) is 1. The van der Waals surface area contributed by atoms with Gasteiger partial charge in [0, 0.05) is 6.04 Å². The van der Waals surface area contributed by atoms with Crippen molar-refractivity contribution in [2.45, 2.75) is 44.2 Å². The summed E-state index contributed by atoms with van der Waals surface area (Å²) in [6.07, 6.45) is 6.18. The van der Waals surface area contributed by atoms with Crippen LogP contribution < -0.4 is 14.8 Å². The Morgan fingerprint density at radius 1 is 1.22 bits per heavy atom. The van der Waals surface area contributed by atoms with E-state index in [-0.39, 0.29) is 12.0 Å². The maximum Gasteiger partial charge on any atom is 0.234 e. The zero-order chi connectivity index (χ0) is 16.1. The molecule has 1 aromatic carbocycles. The summed E-state index contributed by atoms with van der Waals surface area (Å²) < 4.78 is 11.5. The number of rotatable bonds is 5. The van der Waals surface area contributed by atoms with Gasteiger partial charge >= 0.3 is 0 Å². The molecule has 23 heavy (non-hydrogen) atoms. The van der Waals surface area contributed by atoms with E-state index in [0.717, 1.165) is 11.5 Å². The number of ether oxygens (including phenoxy) is 2. The van der Waals surface area contributed by atoms with Crippen LogP contribution in [0, 0.1) is 0 Å². The zero-order valence-corrected chi connectivity index (χ0v) is 13.8. The average molecular weight is 318 g/mol. The van der Waals surface area contributed by atoms with Crippen LogP contribution in [0.2, 0.25) is 0 Å². The van der Waals surface area contributed by atoms with Gasteiger partial charge in [-0.15, -0.1) is 0 Å². The molecular formula is C18H26N2O3. The first kappa shape index (κ1) is 16.1. The van der Waals surface area contributed by atoms with E-state index < -0.39 is 0 Å². The number of nitrogens with one attached hydrogen (secondary N) is 1. The Morgan fingerprint density at radius 2 is 1.96 bits per heavy atom. The molecule has 5 nitrogen and oxygen atoms in total. The first-order chi connectivity index (χ1) is 11.2. The molecule has 3 rings (SSSR count). The summed E-state index contributed by atoms with van der Waals surface area (Å²) in [4.78, 5) is 14.3. The Labute approximate surface area is 137 Å². The maximum absolute atomic E-state index is 12.1. The maximum atomic E-state index is 12.1. The van der Waals surface area contributed by atoms with Crippen LogP contribution in [-0.2, 0) is 4.79 Å². The van der Waals surface area contributed by atoms with Gasteiger partial charge in [-0.05, 0) is 32.0 Å². The highest BCUT2D eigenvalue weighted by atomic mass is 16.6. The van der Waals surface area contributed by atoms with Crippen molar-refractivity contribution in [3.05, 3.63) is 24.3 Å². The van der Waals surface area contributed by atoms with Crippen LogP contribution in [0.25, 0.3) is 0 Å².